The number of hydrogen-bond donors (Lipinski definition) is 1. The second-order valence-electron chi connectivity index (χ2n) is 4.53. The Morgan fingerprint density at radius 1 is 1.50 bits per heavy atom. The number of carboxylic acid groups (broad SMARTS) is 1. The molecule has 3 nitrogen and oxygen atoms in total. The number of nitrogens with zero attached hydrogens (tertiary/aromatic N) is 1. The molecule has 0 aromatic heterocycles. The predicted molar refractivity (Wildman–Crippen MR) is 56.3 cm³/mol. The van der Waals surface area contributed by atoms with Gasteiger partial charge in [0, 0.05) is 19.0 Å². The molecule has 0 amide bonds. The van der Waals surface area contributed by atoms with Gasteiger partial charge < -0.3 is 10.0 Å². The zero-order valence-corrected chi connectivity index (χ0v) is 9.20. The van der Waals surface area contributed by atoms with Crippen LogP contribution in [0.4, 0.5) is 0 Å². The fraction of sp³-hybridized carbons (Fsp3) is 0.909. The summed E-state index contributed by atoms with van der Waals surface area (Å²) < 4.78 is 0. The van der Waals surface area contributed by atoms with Crippen LogP contribution in [0.3, 0.4) is 0 Å². The van der Waals surface area contributed by atoms with Crippen molar-refractivity contribution in [3.8, 4) is 0 Å². The van der Waals surface area contributed by atoms with Crippen LogP contribution in [0.15, 0.2) is 0 Å². The first-order chi connectivity index (χ1) is 6.59. The van der Waals surface area contributed by atoms with Crippen molar-refractivity contribution < 1.29 is 9.90 Å². The van der Waals surface area contributed by atoms with Gasteiger partial charge in [0.05, 0.1) is 0 Å². The Morgan fingerprint density at radius 2 is 2.14 bits per heavy atom. The molecule has 1 fully saturated rings. The fourth-order valence-corrected chi connectivity index (χ4v) is 1.63. The summed E-state index contributed by atoms with van der Waals surface area (Å²) in [6, 6.07) is 0.546. The van der Waals surface area contributed by atoms with Crippen molar-refractivity contribution in [2.75, 3.05) is 13.1 Å². The van der Waals surface area contributed by atoms with E-state index >= 15 is 0 Å². The molecule has 1 aliphatic rings. The standard InChI is InChI=1S/C11H21NO2/c1-9(2)12(8-10-5-6-10)7-3-4-11(13)14/h9-10H,3-8H2,1-2H3,(H,13,14). The molecule has 0 heterocycles. The van der Waals surface area contributed by atoms with Gasteiger partial charge in [0.1, 0.15) is 0 Å². The van der Waals surface area contributed by atoms with Crippen LogP contribution in [-0.4, -0.2) is 35.1 Å². The Bertz CT molecular complexity index is 188. The Labute approximate surface area is 86.1 Å². The predicted octanol–water partition coefficient (Wildman–Crippen LogP) is 1.97. The van der Waals surface area contributed by atoms with E-state index in [1.807, 2.05) is 0 Å². The summed E-state index contributed by atoms with van der Waals surface area (Å²) in [7, 11) is 0. The first-order valence-electron chi connectivity index (χ1n) is 5.55. The number of carboxylic acids is 1. The van der Waals surface area contributed by atoms with Gasteiger partial charge in [0.2, 0.25) is 0 Å². The Kier molecular flexibility index (Phi) is 4.39. The molecule has 0 bridgehead atoms. The van der Waals surface area contributed by atoms with Crippen LogP contribution in [0, 0.1) is 5.92 Å². The van der Waals surface area contributed by atoms with E-state index in [9.17, 15) is 4.79 Å². The molecule has 0 atom stereocenters. The molecule has 0 saturated heterocycles. The van der Waals surface area contributed by atoms with E-state index in [-0.39, 0.29) is 0 Å². The Balaban J connectivity index is 2.16. The summed E-state index contributed by atoms with van der Waals surface area (Å²) in [6.07, 6.45) is 3.80. The van der Waals surface area contributed by atoms with Crippen LogP contribution in [0.2, 0.25) is 0 Å². The second-order valence-corrected chi connectivity index (χ2v) is 4.53. The van der Waals surface area contributed by atoms with Gasteiger partial charge in [0.25, 0.3) is 0 Å². The van der Waals surface area contributed by atoms with Crippen LogP contribution >= 0.6 is 0 Å². The topological polar surface area (TPSA) is 40.5 Å². The molecule has 0 radical (unpaired) electrons. The highest BCUT2D eigenvalue weighted by Gasteiger charge is 2.25. The lowest BCUT2D eigenvalue weighted by Gasteiger charge is -2.26. The van der Waals surface area contributed by atoms with Crippen LogP contribution in [0.25, 0.3) is 0 Å². The summed E-state index contributed by atoms with van der Waals surface area (Å²) in [5.74, 6) is 0.211. The summed E-state index contributed by atoms with van der Waals surface area (Å²) in [5.41, 5.74) is 0. The summed E-state index contributed by atoms with van der Waals surface area (Å²) in [4.78, 5) is 12.8. The molecule has 14 heavy (non-hydrogen) atoms. The van der Waals surface area contributed by atoms with E-state index in [1.54, 1.807) is 0 Å². The lowest BCUT2D eigenvalue weighted by atomic mass is 10.2. The van der Waals surface area contributed by atoms with Crippen molar-refractivity contribution in [1.82, 2.24) is 4.90 Å². The highest BCUT2D eigenvalue weighted by Crippen LogP contribution is 2.30. The number of rotatable bonds is 7. The van der Waals surface area contributed by atoms with E-state index in [1.165, 1.54) is 12.8 Å². The van der Waals surface area contributed by atoms with Gasteiger partial charge in [-0.15, -0.1) is 0 Å². The molecule has 1 aliphatic carbocycles. The van der Waals surface area contributed by atoms with Gasteiger partial charge in [-0.25, -0.2) is 0 Å². The zero-order valence-electron chi connectivity index (χ0n) is 9.20. The fourth-order valence-electron chi connectivity index (χ4n) is 1.63. The largest absolute Gasteiger partial charge is 0.481 e. The molecule has 1 rings (SSSR count). The van der Waals surface area contributed by atoms with E-state index < -0.39 is 5.97 Å². The van der Waals surface area contributed by atoms with Gasteiger partial charge in [0.15, 0.2) is 0 Å². The van der Waals surface area contributed by atoms with Crippen molar-refractivity contribution in [1.29, 1.82) is 0 Å². The smallest absolute Gasteiger partial charge is 0.303 e. The average molecular weight is 199 g/mol. The van der Waals surface area contributed by atoms with Crippen LogP contribution < -0.4 is 0 Å². The van der Waals surface area contributed by atoms with Crippen LogP contribution in [0.5, 0.6) is 0 Å². The van der Waals surface area contributed by atoms with E-state index in [4.69, 9.17) is 5.11 Å². The van der Waals surface area contributed by atoms with E-state index in [0.717, 1.165) is 25.4 Å². The molecule has 0 aliphatic heterocycles. The summed E-state index contributed by atoms with van der Waals surface area (Å²) >= 11 is 0. The molecular weight excluding hydrogens is 178 g/mol. The first-order valence-corrected chi connectivity index (χ1v) is 5.55. The van der Waals surface area contributed by atoms with Crippen molar-refractivity contribution >= 4 is 5.97 Å². The normalized spacial score (nSPS) is 16.6. The van der Waals surface area contributed by atoms with Crippen molar-refractivity contribution in [2.45, 2.75) is 45.6 Å². The average Bonchev–Trinajstić information content (AvgIpc) is 2.85. The van der Waals surface area contributed by atoms with Gasteiger partial charge in [-0.1, -0.05) is 0 Å². The van der Waals surface area contributed by atoms with Crippen LogP contribution in [0.1, 0.15) is 39.5 Å². The highest BCUT2D eigenvalue weighted by atomic mass is 16.4. The minimum Gasteiger partial charge on any atom is -0.481 e. The maximum absolute atomic E-state index is 10.4. The molecule has 0 unspecified atom stereocenters. The molecule has 1 N–H and O–H groups in total. The molecule has 3 heteroatoms. The number of hydrogen-bond acceptors (Lipinski definition) is 2. The lowest BCUT2D eigenvalue weighted by molar-refractivity contribution is -0.137. The third-order valence-electron chi connectivity index (χ3n) is 2.76. The molecule has 0 aromatic carbocycles. The third-order valence-corrected chi connectivity index (χ3v) is 2.76. The zero-order chi connectivity index (χ0) is 10.6. The molecule has 0 aromatic rings. The van der Waals surface area contributed by atoms with E-state index in [2.05, 4.69) is 18.7 Å². The highest BCUT2D eigenvalue weighted by molar-refractivity contribution is 5.66. The minimum atomic E-state index is -0.680. The van der Waals surface area contributed by atoms with Gasteiger partial charge in [-0.3, -0.25) is 4.79 Å². The molecule has 0 spiro atoms. The maximum atomic E-state index is 10.4. The van der Waals surface area contributed by atoms with Crippen molar-refractivity contribution in [2.24, 2.45) is 5.92 Å². The minimum absolute atomic E-state index is 0.299. The van der Waals surface area contributed by atoms with E-state index in [0.29, 0.717) is 12.5 Å². The number of aliphatic carboxylic acids is 1. The van der Waals surface area contributed by atoms with Gasteiger partial charge in [-0.05, 0) is 45.6 Å². The SMILES string of the molecule is CC(C)N(CCCC(=O)O)CC1CC1. The Hall–Kier alpha value is -0.570. The Morgan fingerprint density at radius 3 is 2.57 bits per heavy atom. The quantitative estimate of drug-likeness (QED) is 0.681. The maximum Gasteiger partial charge on any atom is 0.303 e. The van der Waals surface area contributed by atoms with Gasteiger partial charge in [-0.2, -0.15) is 0 Å². The third kappa shape index (κ3) is 4.61. The summed E-state index contributed by atoms with van der Waals surface area (Å²) in [6.45, 7) is 6.46. The van der Waals surface area contributed by atoms with Gasteiger partial charge >= 0.3 is 5.97 Å². The molecule has 1 saturated carbocycles. The number of carbonyl (C=O) groups is 1. The van der Waals surface area contributed by atoms with Crippen molar-refractivity contribution in [3.63, 3.8) is 0 Å². The first kappa shape index (κ1) is 11.5. The monoisotopic (exact) mass is 199 g/mol. The van der Waals surface area contributed by atoms with Crippen LogP contribution in [-0.2, 0) is 4.79 Å². The lowest BCUT2D eigenvalue weighted by Crippen LogP contribution is -2.33. The summed E-state index contributed by atoms with van der Waals surface area (Å²) in [5, 5.41) is 8.54. The molecule has 82 valence electrons. The second kappa shape index (κ2) is 5.35. The molecular formula is C11H21NO2. The van der Waals surface area contributed by atoms with Crippen molar-refractivity contribution in [3.05, 3.63) is 0 Å².